The van der Waals surface area contributed by atoms with E-state index in [-0.39, 0.29) is 24.0 Å². The molecule has 1 amide bonds. The lowest BCUT2D eigenvalue weighted by Gasteiger charge is -2.37. The number of anilines is 1. The van der Waals surface area contributed by atoms with Crippen molar-refractivity contribution in [3.63, 3.8) is 0 Å². The van der Waals surface area contributed by atoms with Crippen molar-refractivity contribution in [1.82, 2.24) is 5.32 Å². The molecule has 0 spiro atoms. The van der Waals surface area contributed by atoms with Gasteiger partial charge in [-0.25, -0.2) is 4.79 Å². The molecule has 2 aliphatic heterocycles. The summed E-state index contributed by atoms with van der Waals surface area (Å²) in [5, 5.41) is 13.1. The SMILES string of the molecule is COC(=O)C1CCCNC1C1Cc2cc(OC)ccc2N1C(=O)O. The van der Waals surface area contributed by atoms with Crippen molar-refractivity contribution in [2.45, 2.75) is 31.3 Å². The molecule has 3 atom stereocenters. The van der Waals surface area contributed by atoms with Gasteiger partial charge < -0.3 is 19.9 Å². The third-order valence-electron chi connectivity index (χ3n) is 4.94. The van der Waals surface area contributed by atoms with Gasteiger partial charge in [0.1, 0.15) is 5.75 Å². The second-order valence-electron chi connectivity index (χ2n) is 6.17. The lowest BCUT2D eigenvalue weighted by molar-refractivity contribution is -0.147. The number of amides is 1. The molecular weight excluding hydrogens is 312 g/mol. The van der Waals surface area contributed by atoms with E-state index in [1.807, 2.05) is 6.07 Å². The van der Waals surface area contributed by atoms with Gasteiger partial charge >= 0.3 is 12.1 Å². The van der Waals surface area contributed by atoms with Crippen molar-refractivity contribution in [2.75, 3.05) is 25.7 Å². The van der Waals surface area contributed by atoms with E-state index >= 15 is 0 Å². The van der Waals surface area contributed by atoms with Crippen LogP contribution in [0.5, 0.6) is 5.75 Å². The zero-order valence-electron chi connectivity index (χ0n) is 13.8. The molecule has 0 radical (unpaired) electrons. The van der Waals surface area contributed by atoms with Gasteiger partial charge in [-0.15, -0.1) is 0 Å². The number of carboxylic acid groups (broad SMARTS) is 1. The van der Waals surface area contributed by atoms with E-state index < -0.39 is 6.09 Å². The third-order valence-corrected chi connectivity index (χ3v) is 4.94. The number of nitrogens with one attached hydrogen (secondary N) is 1. The van der Waals surface area contributed by atoms with Crippen LogP contribution in [0.25, 0.3) is 0 Å². The van der Waals surface area contributed by atoms with E-state index in [1.54, 1.807) is 19.2 Å². The van der Waals surface area contributed by atoms with E-state index in [2.05, 4.69) is 5.32 Å². The average Bonchev–Trinajstić information content (AvgIpc) is 2.99. The average molecular weight is 334 g/mol. The molecular formula is C17H22N2O5. The number of hydrogen-bond acceptors (Lipinski definition) is 5. The molecule has 2 N–H and O–H groups in total. The van der Waals surface area contributed by atoms with Crippen molar-refractivity contribution in [3.8, 4) is 5.75 Å². The highest BCUT2D eigenvalue weighted by Gasteiger charge is 2.45. The molecule has 3 rings (SSSR count). The Labute approximate surface area is 140 Å². The van der Waals surface area contributed by atoms with Crippen LogP contribution in [0.15, 0.2) is 18.2 Å². The number of rotatable bonds is 3. The summed E-state index contributed by atoms with van der Waals surface area (Å²) in [6.45, 7) is 0.766. The number of carbonyl (C=O) groups is 2. The predicted octanol–water partition coefficient (Wildman–Crippen LogP) is 1.65. The number of carbonyl (C=O) groups excluding carboxylic acids is 1. The first kappa shape index (κ1) is 16.6. The molecule has 3 unspecified atom stereocenters. The lowest BCUT2D eigenvalue weighted by atomic mass is 9.85. The largest absolute Gasteiger partial charge is 0.497 e. The first-order valence-electron chi connectivity index (χ1n) is 8.07. The van der Waals surface area contributed by atoms with E-state index in [0.717, 1.165) is 18.5 Å². The molecule has 0 bridgehead atoms. The molecule has 7 heteroatoms. The Balaban J connectivity index is 1.94. The van der Waals surface area contributed by atoms with Crippen LogP contribution in [0.2, 0.25) is 0 Å². The lowest BCUT2D eigenvalue weighted by Crippen LogP contribution is -2.58. The number of methoxy groups -OCH3 is 2. The van der Waals surface area contributed by atoms with E-state index in [4.69, 9.17) is 9.47 Å². The number of fused-ring (bicyclic) bond motifs is 1. The Morgan fingerprint density at radius 2 is 2.12 bits per heavy atom. The highest BCUT2D eigenvalue weighted by atomic mass is 16.5. The maximum atomic E-state index is 12.1. The summed E-state index contributed by atoms with van der Waals surface area (Å²) in [7, 11) is 2.95. The zero-order chi connectivity index (χ0) is 17.3. The first-order chi connectivity index (χ1) is 11.6. The topological polar surface area (TPSA) is 88.1 Å². The maximum Gasteiger partial charge on any atom is 0.412 e. The Morgan fingerprint density at radius 1 is 1.33 bits per heavy atom. The summed E-state index contributed by atoms with van der Waals surface area (Å²) < 4.78 is 10.2. The number of esters is 1. The van der Waals surface area contributed by atoms with Crippen LogP contribution in [0.1, 0.15) is 18.4 Å². The fourth-order valence-electron chi connectivity index (χ4n) is 3.85. The molecule has 7 nitrogen and oxygen atoms in total. The minimum absolute atomic E-state index is 0.263. The van der Waals surface area contributed by atoms with Crippen molar-refractivity contribution in [3.05, 3.63) is 23.8 Å². The fraction of sp³-hybridized carbons (Fsp3) is 0.529. The fourth-order valence-corrected chi connectivity index (χ4v) is 3.85. The van der Waals surface area contributed by atoms with Gasteiger partial charge in [-0.1, -0.05) is 0 Å². The summed E-state index contributed by atoms with van der Waals surface area (Å²) in [6, 6.07) is 4.78. The van der Waals surface area contributed by atoms with Gasteiger partial charge in [-0.3, -0.25) is 9.69 Å². The molecule has 1 saturated heterocycles. The van der Waals surface area contributed by atoms with Crippen LogP contribution in [0.3, 0.4) is 0 Å². The highest BCUT2D eigenvalue weighted by Crippen LogP contribution is 2.38. The number of piperidine rings is 1. The molecule has 130 valence electrons. The van der Waals surface area contributed by atoms with Crippen molar-refractivity contribution in [2.24, 2.45) is 5.92 Å². The smallest absolute Gasteiger partial charge is 0.412 e. The zero-order valence-corrected chi connectivity index (χ0v) is 13.8. The number of hydrogen-bond donors (Lipinski definition) is 2. The molecule has 2 heterocycles. The standard InChI is InChI=1S/C17H22N2O5/c1-23-11-5-6-13-10(8-11)9-14(19(13)17(21)22)15-12(16(20)24-2)4-3-7-18-15/h5-6,8,12,14-15,18H,3-4,7,9H2,1-2H3,(H,21,22). The Kier molecular flexibility index (Phi) is 4.62. The molecule has 0 saturated carbocycles. The van der Waals surface area contributed by atoms with Crippen molar-refractivity contribution >= 4 is 17.7 Å². The maximum absolute atomic E-state index is 12.1. The van der Waals surface area contributed by atoms with Gasteiger partial charge in [0, 0.05) is 6.04 Å². The summed E-state index contributed by atoms with van der Waals surface area (Å²) in [4.78, 5) is 25.4. The molecule has 0 aromatic heterocycles. The quantitative estimate of drug-likeness (QED) is 0.817. The molecule has 1 aromatic carbocycles. The van der Waals surface area contributed by atoms with Gasteiger partial charge in [0.25, 0.3) is 0 Å². The summed E-state index contributed by atoms with van der Waals surface area (Å²) >= 11 is 0. The molecule has 2 aliphatic rings. The van der Waals surface area contributed by atoms with Crippen LogP contribution in [-0.4, -0.2) is 50.0 Å². The minimum atomic E-state index is -1.01. The van der Waals surface area contributed by atoms with E-state index in [1.165, 1.54) is 12.0 Å². The normalized spacial score (nSPS) is 25.9. The van der Waals surface area contributed by atoms with Crippen LogP contribution in [0.4, 0.5) is 10.5 Å². The minimum Gasteiger partial charge on any atom is -0.497 e. The van der Waals surface area contributed by atoms with Crippen LogP contribution in [-0.2, 0) is 16.0 Å². The molecule has 1 aromatic rings. The van der Waals surface area contributed by atoms with Crippen LogP contribution >= 0.6 is 0 Å². The van der Waals surface area contributed by atoms with Gasteiger partial charge in [-0.2, -0.15) is 0 Å². The van der Waals surface area contributed by atoms with Gasteiger partial charge in [0.05, 0.1) is 31.9 Å². The molecule has 1 fully saturated rings. The Morgan fingerprint density at radius 3 is 2.79 bits per heavy atom. The highest BCUT2D eigenvalue weighted by molar-refractivity contribution is 5.90. The third kappa shape index (κ3) is 2.80. The Bertz CT molecular complexity index is 648. The molecule has 0 aliphatic carbocycles. The van der Waals surface area contributed by atoms with Gasteiger partial charge in [0.15, 0.2) is 0 Å². The summed E-state index contributed by atoms with van der Waals surface area (Å²) in [5.41, 5.74) is 1.57. The van der Waals surface area contributed by atoms with Gasteiger partial charge in [-0.05, 0) is 49.6 Å². The second kappa shape index (κ2) is 6.68. The first-order valence-corrected chi connectivity index (χ1v) is 8.07. The number of nitrogens with zero attached hydrogens (tertiary/aromatic N) is 1. The van der Waals surface area contributed by atoms with Crippen LogP contribution in [0, 0.1) is 5.92 Å². The van der Waals surface area contributed by atoms with Crippen LogP contribution < -0.4 is 15.0 Å². The number of benzene rings is 1. The Hall–Kier alpha value is -2.28. The van der Waals surface area contributed by atoms with E-state index in [0.29, 0.717) is 24.3 Å². The van der Waals surface area contributed by atoms with Crippen molar-refractivity contribution < 1.29 is 24.2 Å². The number of ether oxygens (including phenoxy) is 2. The summed E-state index contributed by atoms with van der Waals surface area (Å²) in [5.74, 6) is 0.0683. The van der Waals surface area contributed by atoms with E-state index in [9.17, 15) is 14.7 Å². The summed E-state index contributed by atoms with van der Waals surface area (Å²) in [6.07, 6.45) is 1.11. The van der Waals surface area contributed by atoms with Crippen molar-refractivity contribution in [1.29, 1.82) is 0 Å². The predicted molar refractivity (Wildman–Crippen MR) is 87.5 cm³/mol. The van der Waals surface area contributed by atoms with Gasteiger partial charge in [0.2, 0.25) is 0 Å². The second-order valence-corrected chi connectivity index (χ2v) is 6.17. The monoisotopic (exact) mass is 334 g/mol. The molecule has 24 heavy (non-hydrogen) atoms.